The number of amides is 2. The lowest BCUT2D eigenvalue weighted by atomic mass is 9.78. The first-order chi connectivity index (χ1) is 14.2. The van der Waals surface area contributed by atoms with Crippen molar-refractivity contribution in [3.63, 3.8) is 0 Å². The van der Waals surface area contributed by atoms with Crippen molar-refractivity contribution >= 4 is 11.8 Å². The Morgan fingerprint density at radius 2 is 2.10 bits per heavy atom. The van der Waals surface area contributed by atoms with Crippen LogP contribution in [0, 0.1) is 5.92 Å². The third-order valence-electron chi connectivity index (χ3n) is 6.53. The van der Waals surface area contributed by atoms with Crippen LogP contribution < -0.4 is 5.32 Å². The maximum Gasteiger partial charge on any atom is 0.274 e. The van der Waals surface area contributed by atoms with Crippen molar-refractivity contribution in [1.82, 2.24) is 25.4 Å². The average molecular weight is 395 g/mol. The van der Waals surface area contributed by atoms with Gasteiger partial charge < -0.3 is 15.0 Å². The molecule has 8 nitrogen and oxygen atoms in total. The first-order valence-electron chi connectivity index (χ1n) is 10.3. The van der Waals surface area contributed by atoms with E-state index < -0.39 is 0 Å². The smallest absolute Gasteiger partial charge is 0.274 e. The van der Waals surface area contributed by atoms with E-state index in [1.54, 1.807) is 24.5 Å². The van der Waals surface area contributed by atoms with Crippen molar-refractivity contribution in [3.8, 4) is 0 Å². The van der Waals surface area contributed by atoms with Gasteiger partial charge in [0, 0.05) is 42.4 Å². The van der Waals surface area contributed by atoms with E-state index in [-0.39, 0.29) is 17.4 Å². The summed E-state index contributed by atoms with van der Waals surface area (Å²) in [5.74, 6) is 0.266. The number of carbonyl (C=O) groups excluding carboxylic acids is 2. The molecule has 152 valence electrons. The monoisotopic (exact) mass is 395 g/mol. The summed E-state index contributed by atoms with van der Waals surface area (Å²) in [7, 11) is 0. The van der Waals surface area contributed by atoms with Gasteiger partial charge in [0.05, 0.1) is 13.1 Å². The Morgan fingerprint density at radius 3 is 2.93 bits per heavy atom. The van der Waals surface area contributed by atoms with Gasteiger partial charge in [-0.2, -0.15) is 5.10 Å². The highest BCUT2D eigenvalue weighted by molar-refractivity contribution is 5.95. The fourth-order valence-corrected chi connectivity index (χ4v) is 4.90. The normalized spacial score (nSPS) is 21.8. The highest BCUT2D eigenvalue weighted by Crippen LogP contribution is 2.42. The number of nitrogens with zero attached hydrogens (tertiary/aromatic N) is 3. The van der Waals surface area contributed by atoms with Crippen molar-refractivity contribution in [2.75, 3.05) is 26.2 Å². The molecule has 0 radical (unpaired) electrons. The van der Waals surface area contributed by atoms with Gasteiger partial charge in [0.15, 0.2) is 5.69 Å². The first kappa shape index (κ1) is 18.3. The summed E-state index contributed by atoms with van der Waals surface area (Å²) >= 11 is 0. The second-order valence-corrected chi connectivity index (χ2v) is 8.22. The number of H-pyrrole nitrogens is 1. The molecule has 2 fully saturated rings. The minimum absolute atomic E-state index is 0.00950. The summed E-state index contributed by atoms with van der Waals surface area (Å²) in [5, 5.41) is 10.3. The molecule has 0 aromatic carbocycles. The number of aryl methyl sites for hydroxylation is 1. The van der Waals surface area contributed by atoms with Gasteiger partial charge in [-0.25, -0.2) is 0 Å². The van der Waals surface area contributed by atoms with Crippen LogP contribution in [0.2, 0.25) is 0 Å². The number of ether oxygens (including phenoxy) is 1. The highest BCUT2D eigenvalue weighted by atomic mass is 16.5. The average Bonchev–Trinajstić information content (AvgIpc) is 3.42. The molecule has 1 aliphatic carbocycles. The molecular formula is C21H25N5O3. The van der Waals surface area contributed by atoms with Crippen LogP contribution in [0.3, 0.4) is 0 Å². The molecule has 4 heterocycles. The Morgan fingerprint density at radius 1 is 1.28 bits per heavy atom. The number of likely N-dealkylation sites (tertiary alicyclic amines) is 1. The second kappa shape index (κ2) is 7.26. The predicted octanol–water partition coefficient (Wildman–Crippen LogP) is 1.34. The number of fused-ring (bicyclic) bond motifs is 1. The topological polar surface area (TPSA) is 100 Å². The van der Waals surface area contributed by atoms with Gasteiger partial charge in [-0.05, 0) is 50.2 Å². The van der Waals surface area contributed by atoms with E-state index in [4.69, 9.17) is 4.74 Å². The van der Waals surface area contributed by atoms with Crippen molar-refractivity contribution in [2.24, 2.45) is 5.92 Å². The number of pyridine rings is 1. The molecule has 0 unspecified atom stereocenters. The number of hydrogen-bond donors (Lipinski definition) is 2. The van der Waals surface area contributed by atoms with Gasteiger partial charge >= 0.3 is 0 Å². The predicted molar refractivity (Wildman–Crippen MR) is 104 cm³/mol. The molecule has 29 heavy (non-hydrogen) atoms. The third-order valence-corrected chi connectivity index (χ3v) is 6.53. The van der Waals surface area contributed by atoms with Crippen LogP contribution in [0.5, 0.6) is 0 Å². The summed E-state index contributed by atoms with van der Waals surface area (Å²) in [4.78, 5) is 30.9. The van der Waals surface area contributed by atoms with E-state index in [1.165, 1.54) is 0 Å². The number of nitrogens with one attached hydrogen (secondary N) is 2. The molecule has 2 aromatic heterocycles. The Hall–Kier alpha value is -2.74. The number of carbonyl (C=O) groups is 2. The summed E-state index contributed by atoms with van der Waals surface area (Å²) < 4.78 is 6.08. The number of rotatable bonds is 5. The molecular weight excluding hydrogens is 370 g/mol. The Labute approximate surface area is 169 Å². The van der Waals surface area contributed by atoms with E-state index in [0.29, 0.717) is 43.4 Å². The second-order valence-electron chi connectivity index (χ2n) is 8.22. The van der Waals surface area contributed by atoms with Crippen LogP contribution in [0.25, 0.3) is 0 Å². The summed E-state index contributed by atoms with van der Waals surface area (Å²) in [6, 6.07) is 3.41. The molecule has 1 atom stereocenters. The molecule has 0 saturated carbocycles. The minimum Gasteiger partial charge on any atom is -0.371 e. The van der Waals surface area contributed by atoms with Crippen LogP contribution in [-0.2, 0) is 17.6 Å². The van der Waals surface area contributed by atoms with Crippen LogP contribution in [0.4, 0.5) is 0 Å². The van der Waals surface area contributed by atoms with Crippen molar-refractivity contribution in [1.29, 1.82) is 0 Å². The molecule has 2 aromatic rings. The standard InChI is InChI=1S/C21H25N5O3/c27-19(14-4-8-22-9-5-14)23-10-6-15-7-11-29-21(15)12-26(13-21)20(28)18-16-2-1-3-17(16)24-25-18/h4-5,8-9,15H,1-3,6-7,10-13H2,(H,23,27)(H,24,25)/t15-/m1/s1. The van der Waals surface area contributed by atoms with Gasteiger partial charge in [0.1, 0.15) is 5.60 Å². The minimum atomic E-state index is -0.267. The lowest BCUT2D eigenvalue weighted by Crippen LogP contribution is -2.66. The molecule has 0 bridgehead atoms. The van der Waals surface area contributed by atoms with E-state index in [2.05, 4.69) is 20.5 Å². The van der Waals surface area contributed by atoms with Gasteiger partial charge in [0.2, 0.25) is 0 Å². The summed E-state index contributed by atoms with van der Waals surface area (Å²) in [6.45, 7) is 2.52. The molecule has 5 rings (SSSR count). The van der Waals surface area contributed by atoms with Crippen molar-refractivity contribution in [2.45, 2.75) is 37.7 Å². The van der Waals surface area contributed by atoms with Crippen molar-refractivity contribution < 1.29 is 14.3 Å². The maximum atomic E-state index is 12.9. The van der Waals surface area contributed by atoms with E-state index in [1.807, 2.05) is 4.90 Å². The van der Waals surface area contributed by atoms with Crippen LogP contribution in [0.15, 0.2) is 24.5 Å². The van der Waals surface area contributed by atoms with Crippen molar-refractivity contribution in [3.05, 3.63) is 47.0 Å². The zero-order valence-electron chi connectivity index (χ0n) is 16.3. The van der Waals surface area contributed by atoms with Gasteiger partial charge in [0.25, 0.3) is 11.8 Å². The lowest BCUT2D eigenvalue weighted by molar-refractivity contribution is -0.118. The van der Waals surface area contributed by atoms with Gasteiger partial charge in [-0.1, -0.05) is 0 Å². The summed E-state index contributed by atoms with van der Waals surface area (Å²) in [6.07, 6.45) is 8.04. The van der Waals surface area contributed by atoms with E-state index >= 15 is 0 Å². The maximum absolute atomic E-state index is 12.9. The van der Waals surface area contributed by atoms with Gasteiger partial charge in [-0.15, -0.1) is 0 Å². The molecule has 2 aliphatic heterocycles. The van der Waals surface area contributed by atoms with E-state index in [9.17, 15) is 9.59 Å². The fraction of sp³-hybridized carbons (Fsp3) is 0.524. The number of aromatic nitrogens is 3. The van der Waals surface area contributed by atoms with Crippen LogP contribution in [0.1, 0.15) is 51.4 Å². The molecule has 2 N–H and O–H groups in total. The molecule has 8 heteroatoms. The van der Waals surface area contributed by atoms with Crippen LogP contribution >= 0.6 is 0 Å². The van der Waals surface area contributed by atoms with Crippen LogP contribution in [-0.4, -0.2) is 63.7 Å². The zero-order valence-corrected chi connectivity index (χ0v) is 16.3. The first-order valence-corrected chi connectivity index (χ1v) is 10.3. The Balaban J connectivity index is 1.16. The fourth-order valence-electron chi connectivity index (χ4n) is 4.90. The van der Waals surface area contributed by atoms with E-state index in [0.717, 1.165) is 43.4 Å². The lowest BCUT2D eigenvalue weighted by Gasteiger charge is -2.50. The summed E-state index contributed by atoms with van der Waals surface area (Å²) in [5.41, 5.74) is 3.15. The largest absolute Gasteiger partial charge is 0.371 e. The number of hydrogen-bond acceptors (Lipinski definition) is 5. The SMILES string of the molecule is O=C(NCC[C@@H]1CCOC12CN(C(=O)c1n[nH]c3c1CCC3)C2)c1ccncc1. The zero-order chi connectivity index (χ0) is 19.8. The Kier molecular flexibility index (Phi) is 4.58. The Bertz CT molecular complexity index is 920. The quantitative estimate of drug-likeness (QED) is 0.796. The highest BCUT2D eigenvalue weighted by Gasteiger charge is 2.54. The number of aromatic amines is 1. The molecule has 2 saturated heterocycles. The molecule has 1 spiro atoms. The molecule has 3 aliphatic rings. The van der Waals surface area contributed by atoms with Gasteiger partial charge in [-0.3, -0.25) is 19.7 Å². The third kappa shape index (κ3) is 3.21. The molecule has 2 amide bonds.